The van der Waals surface area contributed by atoms with Crippen molar-refractivity contribution in [2.24, 2.45) is 0 Å². The summed E-state index contributed by atoms with van der Waals surface area (Å²) in [7, 11) is 3.49. The summed E-state index contributed by atoms with van der Waals surface area (Å²) in [6, 6.07) is 3.95. The van der Waals surface area contributed by atoms with Gasteiger partial charge >= 0.3 is 5.69 Å². The standard InChI is InChI=1S/C13H17N5O2S/c1-8-11(18(19)20)12(16-13(14-3)15-8)17(4)9(2)10-6-5-7-21-10/h5-7,9H,1-4H3,(H,14,15,16). The molecule has 0 radical (unpaired) electrons. The number of aryl methyl sites for hydroxylation is 1. The molecule has 0 amide bonds. The third-order valence-corrected chi connectivity index (χ3v) is 4.36. The van der Waals surface area contributed by atoms with Crippen molar-refractivity contribution in [3.63, 3.8) is 0 Å². The summed E-state index contributed by atoms with van der Waals surface area (Å²) in [6.45, 7) is 3.61. The van der Waals surface area contributed by atoms with Crippen molar-refractivity contribution in [2.75, 3.05) is 24.3 Å². The van der Waals surface area contributed by atoms with E-state index in [0.29, 0.717) is 17.5 Å². The monoisotopic (exact) mass is 307 g/mol. The lowest BCUT2D eigenvalue weighted by Gasteiger charge is -2.25. The summed E-state index contributed by atoms with van der Waals surface area (Å²) in [5.41, 5.74) is 0.291. The number of anilines is 2. The second kappa shape index (κ2) is 6.04. The zero-order valence-corrected chi connectivity index (χ0v) is 13.1. The molecule has 0 bridgehead atoms. The molecule has 1 N–H and O–H groups in total. The van der Waals surface area contributed by atoms with Crippen LogP contribution in [0.3, 0.4) is 0 Å². The quantitative estimate of drug-likeness (QED) is 0.675. The van der Waals surface area contributed by atoms with Crippen LogP contribution in [0, 0.1) is 17.0 Å². The zero-order chi connectivity index (χ0) is 15.6. The molecule has 0 spiro atoms. The molecular formula is C13H17N5O2S. The number of hydrogen-bond acceptors (Lipinski definition) is 7. The van der Waals surface area contributed by atoms with Gasteiger partial charge in [0.1, 0.15) is 5.69 Å². The Balaban J connectivity index is 2.50. The number of aromatic nitrogens is 2. The molecular weight excluding hydrogens is 290 g/mol. The molecule has 21 heavy (non-hydrogen) atoms. The van der Waals surface area contributed by atoms with Gasteiger partial charge in [0, 0.05) is 19.0 Å². The van der Waals surface area contributed by atoms with Crippen molar-refractivity contribution in [1.82, 2.24) is 9.97 Å². The van der Waals surface area contributed by atoms with E-state index in [9.17, 15) is 10.1 Å². The molecule has 0 saturated heterocycles. The predicted octanol–water partition coefficient (Wildman–Crippen LogP) is 2.99. The lowest BCUT2D eigenvalue weighted by atomic mass is 10.2. The summed E-state index contributed by atoms with van der Waals surface area (Å²) in [6.07, 6.45) is 0. The Hall–Kier alpha value is -2.22. The second-order valence-electron chi connectivity index (χ2n) is 4.61. The molecule has 0 aliphatic carbocycles. The summed E-state index contributed by atoms with van der Waals surface area (Å²) >= 11 is 1.61. The van der Waals surface area contributed by atoms with Crippen LogP contribution in [-0.2, 0) is 0 Å². The van der Waals surface area contributed by atoms with Gasteiger partial charge in [-0.3, -0.25) is 10.1 Å². The Bertz CT molecular complexity index is 644. The Kier molecular flexibility index (Phi) is 4.37. The maximum atomic E-state index is 11.3. The molecule has 0 fully saturated rings. The first-order valence-corrected chi connectivity index (χ1v) is 7.30. The van der Waals surface area contributed by atoms with Gasteiger partial charge in [-0.25, -0.2) is 4.98 Å². The van der Waals surface area contributed by atoms with E-state index in [0.717, 1.165) is 4.88 Å². The van der Waals surface area contributed by atoms with Crippen molar-refractivity contribution < 1.29 is 4.92 Å². The number of hydrogen-bond donors (Lipinski definition) is 1. The van der Waals surface area contributed by atoms with E-state index in [1.807, 2.05) is 24.4 Å². The van der Waals surface area contributed by atoms with Gasteiger partial charge in [-0.2, -0.15) is 4.98 Å². The van der Waals surface area contributed by atoms with Gasteiger partial charge in [0.05, 0.1) is 11.0 Å². The van der Waals surface area contributed by atoms with Gasteiger partial charge in [-0.15, -0.1) is 11.3 Å². The Morgan fingerprint density at radius 2 is 2.19 bits per heavy atom. The van der Waals surface area contributed by atoms with Crippen LogP contribution in [0.2, 0.25) is 0 Å². The van der Waals surface area contributed by atoms with Crippen molar-refractivity contribution >= 4 is 28.8 Å². The Morgan fingerprint density at radius 1 is 1.48 bits per heavy atom. The lowest BCUT2D eigenvalue weighted by Crippen LogP contribution is -2.24. The number of nitrogens with zero attached hydrogens (tertiary/aromatic N) is 4. The SMILES string of the molecule is CNc1nc(C)c([N+](=O)[O-])c(N(C)C(C)c2cccs2)n1. The van der Waals surface area contributed by atoms with Gasteiger partial charge < -0.3 is 10.2 Å². The lowest BCUT2D eigenvalue weighted by molar-refractivity contribution is -0.385. The summed E-state index contributed by atoms with van der Waals surface area (Å²) in [4.78, 5) is 22.2. The average molecular weight is 307 g/mol. The predicted molar refractivity (Wildman–Crippen MR) is 84.1 cm³/mol. The van der Waals surface area contributed by atoms with E-state index in [1.165, 1.54) is 0 Å². The van der Waals surface area contributed by atoms with Crippen molar-refractivity contribution in [1.29, 1.82) is 0 Å². The molecule has 7 nitrogen and oxygen atoms in total. The van der Waals surface area contributed by atoms with Gasteiger partial charge in [-0.1, -0.05) is 6.07 Å². The molecule has 1 atom stereocenters. The molecule has 2 aromatic heterocycles. The molecule has 1 unspecified atom stereocenters. The summed E-state index contributed by atoms with van der Waals surface area (Å²) in [5, 5.41) is 16.2. The first-order valence-electron chi connectivity index (χ1n) is 6.42. The fourth-order valence-electron chi connectivity index (χ4n) is 2.03. The molecule has 0 saturated carbocycles. The van der Waals surface area contributed by atoms with E-state index in [4.69, 9.17) is 0 Å². The van der Waals surface area contributed by atoms with Crippen molar-refractivity contribution in [2.45, 2.75) is 19.9 Å². The van der Waals surface area contributed by atoms with Gasteiger partial charge in [-0.05, 0) is 25.3 Å². The highest BCUT2D eigenvalue weighted by Crippen LogP contribution is 2.34. The number of nitrogens with one attached hydrogen (secondary N) is 1. The molecule has 2 aromatic rings. The van der Waals surface area contributed by atoms with Crippen LogP contribution in [0.4, 0.5) is 17.5 Å². The van der Waals surface area contributed by atoms with Crippen LogP contribution in [-0.4, -0.2) is 29.0 Å². The third-order valence-electron chi connectivity index (χ3n) is 3.32. The van der Waals surface area contributed by atoms with Gasteiger partial charge in [0.15, 0.2) is 0 Å². The second-order valence-corrected chi connectivity index (χ2v) is 5.59. The highest BCUT2D eigenvalue weighted by atomic mass is 32.1. The van der Waals surface area contributed by atoms with Crippen LogP contribution < -0.4 is 10.2 Å². The smallest absolute Gasteiger partial charge is 0.332 e. The normalized spacial score (nSPS) is 12.0. The Labute approximate surface area is 126 Å². The summed E-state index contributed by atoms with van der Waals surface area (Å²) in [5.74, 6) is 0.691. The minimum absolute atomic E-state index is 0.0114. The maximum absolute atomic E-state index is 11.3. The van der Waals surface area contributed by atoms with E-state index in [-0.39, 0.29) is 11.7 Å². The van der Waals surface area contributed by atoms with Crippen LogP contribution in [0.15, 0.2) is 17.5 Å². The topological polar surface area (TPSA) is 84.2 Å². The first kappa shape index (κ1) is 15.2. The number of thiophene rings is 1. The van der Waals surface area contributed by atoms with Crippen LogP contribution in [0.25, 0.3) is 0 Å². The number of rotatable bonds is 5. The van der Waals surface area contributed by atoms with Gasteiger partial charge in [0.25, 0.3) is 0 Å². The van der Waals surface area contributed by atoms with E-state index in [2.05, 4.69) is 15.3 Å². The molecule has 2 rings (SSSR count). The van der Waals surface area contributed by atoms with Crippen LogP contribution in [0.1, 0.15) is 23.5 Å². The summed E-state index contributed by atoms with van der Waals surface area (Å²) < 4.78 is 0. The molecule has 0 aliphatic heterocycles. The number of nitro groups is 1. The van der Waals surface area contributed by atoms with E-state index in [1.54, 1.807) is 37.3 Å². The minimum atomic E-state index is -0.429. The average Bonchev–Trinajstić information content (AvgIpc) is 2.98. The van der Waals surface area contributed by atoms with Gasteiger partial charge in [0.2, 0.25) is 11.8 Å². The van der Waals surface area contributed by atoms with Crippen LogP contribution in [0.5, 0.6) is 0 Å². The first-order chi connectivity index (χ1) is 9.95. The molecule has 8 heteroatoms. The molecule has 0 aromatic carbocycles. The van der Waals surface area contributed by atoms with Crippen molar-refractivity contribution in [3.8, 4) is 0 Å². The van der Waals surface area contributed by atoms with E-state index < -0.39 is 4.92 Å². The Morgan fingerprint density at radius 3 is 2.71 bits per heavy atom. The largest absolute Gasteiger partial charge is 0.357 e. The minimum Gasteiger partial charge on any atom is -0.357 e. The molecule has 112 valence electrons. The highest BCUT2D eigenvalue weighted by Gasteiger charge is 2.27. The fourth-order valence-corrected chi connectivity index (χ4v) is 2.85. The van der Waals surface area contributed by atoms with Crippen molar-refractivity contribution in [3.05, 3.63) is 38.2 Å². The molecule has 2 heterocycles. The molecule has 0 aliphatic rings. The fraction of sp³-hybridized carbons (Fsp3) is 0.385. The zero-order valence-electron chi connectivity index (χ0n) is 12.3. The van der Waals surface area contributed by atoms with E-state index >= 15 is 0 Å². The van der Waals surface area contributed by atoms with Crippen LogP contribution >= 0.6 is 11.3 Å². The maximum Gasteiger partial charge on any atom is 0.332 e. The highest BCUT2D eigenvalue weighted by molar-refractivity contribution is 7.10. The third kappa shape index (κ3) is 2.94.